The van der Waals surface area contributed by atoms with Gasteiger partial charge in [-0.25, -0.2) is 9.59 Å². The van der Waals surface area contributed by atoms with Crippen molar-refractivity contribution in [3.8, 4) is 11.5 Å². The predicted molar refractivity (Wildman–Crippen MR) is 154 cm³/mol. The van der Waals surface area contributed by atoms with Crippen LogP contribution in [0.4, 0.5) is 4.79 Å². The van der Waals surface area contributed by atoms with Gasteiger partial charge in [0, 0.05) is 11.6 Å². The molecular formula is C30H31ClN4O6. The molecule has 0 aliphatic carbocycles. The van der Waals surface area contributed by atoms with Crippen LogP contribution < -0.4 is 20.2 Å². The van der Waals surface area contributed by atoms with Crippen LogP contribution in [0.2, 0.25) is 5.02 Å². The number of urea groups is 1. The van der Waals surface area contributed by atoms with E-state index in [2.05, 4.69) is 15.8 Å². The third-order valence-electron chi connectivity index (χ3n) is 6.70. The lowest BCUT2D eigenvalue weighted by Crippen LogP contribution is -2.48. The predicted octanol–water partition coefficient (Wildman–Crippen LogP) is 4.89. The van der Waals surface area contributed by atoms with E-state index in [-0.39, 0.29) is 25.1 Å². The van der Waals surface area contributed by atoms with Gasteiger partial charge < -0.3 is 25.3 Å². The smallest absolute Gasteiger partial charge is 0.335 e. The fourth-order valence-corrected chi connectivity index (χ4v) is 4.69. The fraction of sp³-hybridized carbons (Fsp3) is 0.267. The lowest BCUT2D eigenvalue weighted by molar-refractivity contribution is -0.131. The van der Waals surface area contributed by atoms with Crippen molar-refractivity contribution < 1.29 is 29.1 Å². The summed E-state index contributed by atoms with van der Waals surface area (Å²) in [5.41, 5.74) is 1.58. The van der Waals surface area contributed by atoms with E-state index < -0.39 is 29.9 Å². The molecule has 3 aromatic rings. The van der Waals surface area contributed by atoms with Gasteiger partial charge in [-0.1, -0.05) is 54.0 Å². The molecule has 2 atom stereocenters. The molecule has 1 aliphatic heterocycles. The summed E-state index contributed by atoms with van der Waals surface area (Å²) in [6, 6.07) is 19.3. The molecule has 4 rings (SSSR count). The molecule has 3 amide bonds. The highest BCUT2D eigenvalue weighted by Crippen LogP contribution is 2.27. The normalized spacial score (nSPS) is 16.9. The second-order valence-corrected chi connectivity index (χ2v) is 9.88. The number of nitrogens with one attached hydrogen (secondary N) is 2. The first kappa shape index (κ1) is 29.4. The number of hydrogen-bond acceptors (Lipinski definition) is 6. The van der Waals surface area contributed by atoms with Gasteiger partial charge in [0.2, 0.25) is 5.91 Å². The first-order valence-corrected chi connectivity index (χ1v) is 13.5. The number of halogens is 1. The Morgan fingerprint density at radius 1 is 1.15 bits per heavy atom. The Hall–Kier alpha value is -4.57. The van der Waals surface area contributed by atoms with Crippen molar-refractivity contribution in [2.45, 2.75) is 25.8 Å². The van der Waals surface area contributed by atoms with Crippen molar-refractivity contribution >= 4 is 35.3 Å². The van der Waals surface area contributed by atoms with Crippen molar-refractivity contribution in [1.29, 1.82) is 0 Å². The number of para-hydroxylation sites is 1. The number of amides is 3. The van der Waals surface area contributed by atoms with E-state index in [1.54, 1.807) is 49.6 Å². The van der Waals surface area contributed by atoms with Crippen LogP contribution >= 0.6 is 11.6 Å². The van der Waals surface area contributed by atoms with E-state index in [9.17, 15) is 19.5 Å². The number of ether oxygens (including phenoxy) is 1. The molecule has 1 fully saturated rings. The maximum absolute atomic E-state index is 13.8. The number of benzene rings is 3. The molecule has 0 spiro atoms. The zero-order valence-electron chi connectivity index (χ0n) is 22.7. The summed E-state index contributed by atoms with van der Waals surface area (Å²) in [6.45, 7) is 1.94. The fourth-order valence-electron chi connectivity index (χ4n) is 4.49. The van der Waals surface area contributed by atoms with Gasteiger partial charge in [0.05, 0.1) is 31.2 Å². The van der Waals surface area contributed by atoms with Gasteiger partial charge in [0.25, 0.3) is 0 Å². The molecule has 0 saturated carbocycles. The molecule has 10 nitrogen and oxygen atoms in total. The van der Waals surface area contributed by atoms with E-state index in [1.165, 1.54) is 12.1 Å². The van der Waals surface area contributed by atoms with Gasteiger partial charge in [0.15, 0.2) is 11.6 Å². The molecule has 0 radical (unpaired) electrons. The minimum absolute atomic E-state index is 0.141. The standard InChI is InChI=1S/C30H31ClN4O6/c1-3-25(19-9-11-20(12-10-19)29(37)38)33-30(39)35-18-27(34-41-24-7-5-4-6-8-24)32-17-22(28(35)36)15-21-16-23(31)13-14-26(21)40-2/h4-14,16,22,25H,3,15,17-18H2,1-2H3,(H,32,34)(H,33,39)(H,37,38)/t22-,25-/m1/s1. The topological polar surface area (TPSA) is 130 Å². The minimum atomic E-state index is -1.04. The number of imide groups is 1. The first-order valence-electron chi connectivity index (χ1n) is 13.1. The van der Waals surface area contributed by atoms with Crippen LogP contribution in [0.15, 0.2) is 78.0 Å². The number of oxime groups is 1. The first-order chi connectivity index (χ1) is 19.8. The van der Waals surface area contributed by atoms with Crippen LogP contribution in [0.25, 0.3) is 0 Å². The molecule has 41 heavy (non-hydrogen) atoms. The quantitative estimate of drug-likeness (QED) is 0.308. The van der Waals surface area contributed by atoms with E-state index in [0.717, 1.165) is 10.5 Å². The van der Waals surface area contributed by atoms with E-state index >= 15 is 0 Å². The lowest BCUT2D eigenvalue weighted by atomic mass is 9.97. The number of hydrogen-bond donors (Lipinski definition) is 3. The Morgan fingerprint density at radius 2 is 1.88 bits per heavy atom. The Bertz CT molecular complexity index is 1410. The maximum Gasteiger partial charge on any atom is 0.335 e. The second kappa shape index (κ2) is 13.7. The summed E-state index contributed by atoms with van der Waals surface area (Å²) in [5.74, 6) is -0.700. The average Bonchev–Trinajstić information content (AvgIpc) is 3.14. The SMILES string of the molecule is CC[C@@H](NC(=O)N1C/C(=N/Oc2ccccc2)NC[C@@H](Cc2cc(Cl)ccc2OC)C1=O)c1ccc(C(=O)O)cc1. The number of methoxy groups -OCH3 is 1. The van der Waals surface area contributed by atoms with Gasteiger partial charge in [-0.05, 0) is 66.4 Å². The van der Waals surface area contributed by atoms with Crippen molar-refractivity contribution in [3.63, 3.8) is 0 Å². The molecule has 0 aromatic heterocycles. The number of carboxylic acid groups (broad SMARTS) is 1. The van der Waals surface area contributed by atoms with Crippen LogP contribution in [0.5, 0.6) is 11.5 Å². The maximum atomic E-state index is 13.8. The summed E-state index contributed by atoms with van der Waals surface area (Å²) in [7, 11) is 1.54. The molecule has 0 bridgehead atoms. The second-order valence-electron chi connectivity index (χ2n) is 9.44. The van der Waals surface area contributed by atoms with Gasteiger partial charge in [-0.3, -0.25) is 9.69 Å². The molecular weight excluding hydrogens is 548 g/mol. The summed E-state index contributed by atoms with van der Waals surface area (Å²) < 4.78 is 5.47. The molecule has 3 N–H and O–H groups in total. The van der Waals surface area contributed by atoms with E-state index in [4.69, 9.17) is 21.2 Å². The van der Waals surface area contributed by atoms with Crippen LogP contribution in [0.1, 0.15) is 40.9 Å². The van der Waals surface area contributed by atoms with Gasteiger partial charge in [-0.15, -0.1) is 0 Å². The number of aromatic carboxylic acids is 1. The van der Waals surface area contributed by atoms with Gasteiger partial charge >= 0.3 is 12.0 Å². The van der Waals surface area contributed by atoms with Crippen molar-refractivity contribution in [2.24, 2.45) is 11.1 Å². The zero-order valence-corrected chi connectivity index (χ0v) is 23.4. The Balaban J connectivity index is 1.59. The third kappa shape index (κ3) is 7.55. The van der Waals surface area contributed by atoms with Crippen LogP contribution in [0, 0.1) is 5.92 Å². The highest BCUT2D eigenvalue weighted by Gasteiger charge is 2.35. The Labute approximate surface area is 242 Å². The van der Waals surface area contributed by atoms with Gasteiger partial charge in [0.1, 0.15) is 5.75 Å². The molecule has 0 unspecified atom stereocenters. The number of amidine groups is 1. The third-order valence-corrected chi connectivity index (χ3v) is 6.94. The lowest BCUT2D eigenvalue weighted by Gasteiger charge is -2.26. The molecule has 11 heteroatoms. The molecule has 3 aromatic carbocycles. The number of nitrogens with zero attached hydrogens (tertiary/aromatic N) is 2. The number of carbonyl (C=O) groups excluding carboxylic acids is 2. The van der Waals surface area contributed by atoms with Crippen LogP contribution in [0.3, 0.4) is 0 Å². The van der Waals surface area contributed by atoms with Crippen LogP contribution in [-0.2, 0) is 11.2 Å². The number of carboxylic acids is 1. The Morgan fingerprint density at radius 3 is 2.54 bits per heavy atom. The van der Waals surface area contributed by atoms with Crippen molar-refractivity contribution in [1.82, 2.24) is 15.5 Å². The monoisotopic (exact) mass is 578 g/mol. The van der Waals surface area contributed by atoms with E-state index in [0.29, 0.717) is 34.3 Å². The number of carbonyl (C=O) groups is 3. The highest BCUT2D eigenvalue weighted by molar-refractivity contribution is 6.30. The zero-order chi connectivity index (χ0) is 29.4. The largest absolute Gasteiger partial charge is 0.496 e. The summed E-state index contributed by atoms with van der Waals surface area (Å²) in [4.78, 5) is 45.3. The van der Waals surface area contributed by atoms with Crippen molar-refractivity contribution in [3.05, 3.63) is 94.5 Å². The summed E-state index contributed by atoms with van der Waals surface area (Å²) >= 11 is 6.22. The van der Waals surface area contributed by atoms with Crippen molar-refractivity contribution in [2.75, 3.05) is 20.2 Å². The Kier molecular flexibility index (Phi) is 9.81. The molecule has 1 saturated heterocycles. The minimum Gasteiger partial charge on any atom is -0.496 e. The molecule has 1 aliphatic rings. The van der Waals surface area contributed by atoms with E-state index in [1.807, 2.05) is 25.1 Å². The number of rotatable bonds is 9. The summed E-state index contributed by atoms with van der Waals surface area (Å²) in [5, 5.41) is 20.0. The highest BCUT2D eigenvalue weighted by atomic mass is 35.5. The molecule has 1 heterocycles. The van der Waals surface area contributed by atoms with Gasteiger partial charge in [-0.2, -0.15) is 0 Å². The average molecular weight is 579 g/mol. The van der Waals surface area contributed by atoms with Crippen LogP contribution in [-0.4, -0.2) is 53.9 Å². The molecule has 214 valence electrons. The summed E-state index contributed by atoms with van der Waals surface area (Å²) in [6.07, 6.45) is 0.777.